The van der Waals surface area contributed by atoms with Crippen molar-refractivity contribution < 1.29 is 14.3 Å². The summed E-state index contributed by atoms with van der Waals surface area (Å²) in [4.78, 5) is 25.2. The topological polar surface area (TPSA) is 58.6 Å². The van der Waals surface area contributed by atoms with Crippen LogP contribution in [0.15, 0.2) is 18.2 Å². The van der Waals surface area contributed by atoms with Gasteiger partial charge in [0, 0.05) is 26.1 Å². The van der Waals surface area contributed by atoms with Gasteiger partial charge < -0.3 is 15.0 Å². The van der Waals surface area contributed by atoms with Crippen LogP contribution in [0.25, 0.3) is 0 Å². The second-order valence-electron chi connectivity index (χ2n) is 5.37. The van der Waals surface area contributed by atoms with Crippen LogP contribution >= 0.6 is 0 Å². The first-order valence-electron chi connectivity index (χ1n) is 7.23. The molecule has 0 radical (unpaired) electrons. The third-order valence-electron chi connectivity index (χ3n) is 3.82. The Morgan fingerprint density at radius 1 is 1.24 bits per heavy atom. The number of hydrogen-bond acceptors (Lipinski definition) is 4. The Hall–Kier alpha value is -2.04. The van der Waals surface area contributed by atoms with Gasteiger partial charge in [0.25, 0.3) is 0 Å². The number of carbonyl (C=O) groups excluding carboxylic acids is 2. The molecule has 1 fully saturated rings. The van der Waals surface area contributed by atoms with E-state index in [4.69, 9.17) is 4.74 Å². The number of piperidine rings is 1. The van der Waals surface area contributed by atoms with Crippen molar-refractivity contribution in [2.75, 3.05) is 25.1 Å². The summed E-state index contributed by atoms with van der Waals surface area (Å²) < 4.78 is 5.31. The number of carbonyl (C=O) groups is 2. The number of rotatable bonds is 4. The lowest BCUT2D eigenvalue weighted by atomic mass is 10.0. The van der Waals surface area contributed by atoms with Crippen LogP contribution in [0.5, 0.6) is 5.75 Å². The summed E-state index contributed by atoms with van der Waals surface area (Å²) in [5.74, 6) is 0.634. The van der Waals surface area contributed by atoms with Crippen molar-refractivity contribution >= 4 is 17.4 Å². The minimum Gasteiger partial charge on any atom is -0.496 e. The average molecular weight is 290 g/mol. The second-order valence-corrected chi connectivity index (χ2v) is 5.37. The number of nitrogens with zero attached hydrogens (tertiary/aromatic N) is 1. The molecule has 1 aliphatic heterocycles. The summed E-state index contributed by atoms with van der Waals surface area (Å²) in [5, 5.41) is 2.96. The zero-order valence-electron chi connectivity index (χ0n) is 12.8. The quantitative estimate of drug-likeness (QED) is 0.862. The Labute approximate surface area is 125 Å². The van der Waals surface area contributed by atoms with E-state index in [9.17, 15) is 9.59 Å². The monoisotopic (exact) mass is 290 g/mol. The molecule has 1 N–H and O–H groups in total. The van der Waals surface area contributed by atoms with Crippen LogP contribution < -0.4 is 15.0 Å². The zero-order chi connectivity index (χ0) is 15.4. The first kappa shape index (κ1) is 15.4. The summed E-state index contributed by atoms with van der Waals surface area (Å²) in [5.41, 5.74) is 1.56. The Morgan fingerprint density at radius 3 is 2.43 bits per heavy atom. The molecular weight excluding hydrogens is 268 g/mol. The van der Waals surface area contributed by atoms with Crippen LogP contribution in [0.2, 0.25) is 0 Å². The predicted molar refractivity (Wildman–Crippen MR) is 82.1 cm³/mol. The third-order valence-corrected chi connectivity index (χ3v) is 3.82. The van der Waals surface area contributed by atoms with Crippen molar-refractivity contribution in [1.29, 1.82) is 0 Å². The van der Waals surface area contributed by atoms with Gasteiger partial charge in [-0.15, -0.1) is 0 Å². The molecule has 5 nitrogen and oxygen atoms in total. The Bertz CT molecular complexity index is 534. The molecule has 1 aromatic rings. The van der Waals surface area contributed by atoms with Crippen molar-refractivity contribution in [3.8, 4) is 5.75 Å². The van der Waals surface area contributed by atoms with Gasteiger partial charge in [0.15, 0.2) is 5.78 Å². The molecule has 0 bridgehead atoms. The standard InChI is InChI=1S/C16H22N2O3/c1-11(19)16-14(5-4-6-15(16)21-3)18-9-7-13(8-10-18)17-12(2)20/h4-6,13H,7-10H2,1-3H3,(H,17,20). The highest BCUT2D eigenvalue weighted by Gasteiger charge is 2.24. The second kappa shape index (κ2) is 6.61. The largest absolute Gasteiger partial charge is 0.496 e. The maximum atomic E-state index is 11.9. The van der Waals surface area contributed by atoms with Crippen molar-refractivity contribution in [2.24, 2.45) is 0 Å². The number of anilines is 1. The van der Waals surface area contributed by atoms with Gasteiger partial charge in [0.1, 0.15) is 5.75 Å². The van der Waals surface area contributed by atoms with Gasteiger partial charge in [-0.05, 0) is 31.9 Å². The number of ketones is 1. The molecule has 5 heteroatoms. The molecule has 1 saturated heterocycles. The number of hydrogen-bond donors (Lipinski definition) is 1. The van der Waals surface area contributed by atoms with Gasteiger partial charge in [-0.3, -0.25) is 9.59 Å². The fourth-order valence-corrected chi connectivity index (χ4v) is 2.86. The smallest absolute Gasteiger partial charge is 0.217 e. The molecule has 1 aromatic carbocycles. The molecule has 21 heavy (non-hydrogen) atoms. The van der Waals surface area contributed by atoms with Gasteiger partial charge in [0.2, 0.25) is 5.91 Å². The summed E-state index contributed by atoms with van der Waals surface area (Å²) >= 11 is 0. The third kappa shape index (κ3) is 3.54. The van der Waals surface area contributed by atoms with Crippen molar-refractivity contribution in [1.82, 2.24) is 5.32 Å². The van der Waals surface area contributed by atoms with Crippen LogP contribution in [0.4, 0.5) is 5.69 Å². The van der Waals surface area contributed by atoms with Gasteiger partial charge in [-0.25, -0.2) is 0 Å². The number of nitrogens with one attached hydrogen (secondary N) is 1. The Balaban J connectivity index is 2.17. The van der Waals surface area contributed by atoms with E-state index in [1.807, 2.05) is 18.2 Å². The van der Waals surface area contributed by atoms with Gasteiger partial charge in [0.05, 0.1) is 18.4 Å². The molecule has 0 spiro atoms. The number of Topliss-reactive ketones (excluding diaryl/α,β-unsaturated/α-hetero) is 1. The van der Waals surface area contributed by atoms with E-state index >= 15 is 0 Å². The van der Waals surface area contributed by atoms with Crippen molar-refractivity contribution in [2.45, 2.75) is 32.7 Å². The lowest BCUT2D eigenvalue weighted by Gasteiger charge is -2.35. The number of ether oxygens (including phenoxy) is 1. The average Bonchev–Trinajstić information content (AvgIpc) is 2.46. The van der Waals surface area contributed by atoms with E-state index in [1.54, 1.807) is 21.0 Å². The molecular formula is C16H22N2O3. The van der Waals surface area contributed by atoms with E-state index in [1.165, 1.54) is 0 Å². The number of amides is 1. The highest BCUT2D eigenvalue weighted by atomic mass is 16.5. The minimum absolute atomic E-state index is 0.00596. The van der Waals surface area contributed by atoms with E-state index in [0.717, 1.165) is 31.6 Å². The van der Waals surface area contributed by atoms with E-state index in [0.29, 0.717) is 11.3 Å². The van der Waals surface area contributed by atoms with Crippen LogP contribution in [0.3, 0.4) is 0 Å². The van der Waals surface area contributed by atoms with Gasteiger partial charge in [-0.1, -0.05) is 6.07 Å². The van der Waals surface area contributed by atoms with Crippen molar-refractivity contribution in [3.63, 3.8) is 0 Å². The molecule has 0 aromatic heterocycles. The fraction of sp³-hybridized carbons (Fsp3) is 0.500. The number of benzene rings is 1. The van der Waals surface area contributed by atoms with Crippen molar-refractivity contribution in [3.05, 3.63) is 23.8 Å². The molecule has 0 aliphatic carbocycles. The molecule has 1 heterocycles. The molecule has 114 valence electrons. The summed E-state index contributed by atoms with van der Waals surface area (Å²) in [6, 6.07) is 5.90. The summed E-state index contributed by atoms with van der Waals surface area (Å²) in [7, 11) is 1.58. The predicted octanol–water partition coefficient (Wildman–Crippen LogP) is 2.00. The first-order chi connectivity index (χ1) is 10.0. The van der Waals surface area contributed by atoms with E-state index < -0.39 is 0 Å². The highest BCUT2D eigenvalue weighted by molar-refractivity contribution is 6.02. The normalized spacial score (nSPS) is 15.7. The van der Waals surface area contributed by atoms with Gasteiger partial charge >= 0.3 is 0 Å². The summed E-state index contributed by atoms with van der Waals surface area (Å²) in [6.45, 7) is 4.74. The van der Waals surface area contributed by atoms with Crippen LogP contribution in [0.1, 0.15) is 37.0 Å². The molecule has 0 unspecified atom stereocenters. The molecule has 2 rings (SSSR count). The Morgan fingerprint density at radius 2 is 1.90 bits per heavy atom. The van der Waals surface area contributed by atoms with E-state index in [2.05, 4.69) is 10.2 Å². The maximum Gasteiger partial charge on any atom is 0.217 e. The molecule has 1 aliphatic rings. The number of methoxy groups -OCH3 is 1. The van der Waals surface area contributed by atoms with Crippen LogP contribution in [-0.4, -0.2) is 37.9 Å². The maximum absolute atomic E-state index is 11.9. The van der Waals surface area contributed by atoms with Crippen LogP contribution in [-0.2, 0) is 4.79 Å². The zero-order valence-corrected chi connectivity index (χ0v) is 12.8. The molecule has 0 saturated carbocycles. The Kier molecular flexibility index (Phi) is 4.83. The lowest BCUT2D eigenvalue weighted by Crippen LogP contribution is -2.44. The molecule has 1 amide bonds. The summed E-state index contributed by atoms with van der Waals surface area (Å²) in [6.07, 6.45) is 1.77. The highest BCUT2D eigenvalue weighted by Crippen LogP contribution is 2.31. The lowest BCUT2D eigenvalue weighted by molar-refractivity contribution is -0.119. The molecule has 0 atom stereocenters. The van der Waals surface area contributed by atoms with Crippen LogP contribution in [0, 0.1) is 0 Å². The minimum atomic E-state index is 0.00596. The fourth-order valence-electron chi connectivity index (χ4n) is 2.86. The van der Waals surface area contributed by atoms with Gasteiger partial charge in [-0.2, -0.15) is 0 Å². The van der Waals surface area contributed by atoms with E-state index in [-0.39, 0.29) is 17.7 Å². The first-order valence-corrected chi connectivity index (χ1v) is 7.23. The SMILES string of the molecule is COc1cccc(N2CCC(NC(C)=O)CC2)c1C(C)=O.